The number of carbonyl (C=O) groups is 1. The number of amides is 1. The molecule has 1 amide bonds. The van der Waals surface area contributed by atoms with Crippen LogP contribution in [0, 0.1) is 5.82 Å². The smallest absolute Gasteiger partial charge is 0.256 e. The number of halogens is 2. The van der Waals surface area contributed by atoms with Crippen LogP contribution in [-0.2, 0) is 4.79 Å². The molecule has 4 nitrogen and oxygen atoms in total. The third-order valence-electron chi connectivity index (χ3n) is 2.94. The molecule has 0 bridgehead atoms. The lowest BCUT2D eigenvalue weighted by Gasteiger charge is -2.08. The third-order valence-corrected chi connectivity index (χ3v) is 3.27. The number of nitrogens with one attached hydrogen (secondary N) is 2. The maximum Gasteiger partial charge on any atom is 0.256 e. The van der Waals surface area contributed by atoms with Crippen LogP contribution in [0.1, 0.15) is 24.4 Å². The number of hydrogen-bond acceptors (Lipinski definition) is 3. The first-order valence-electron chi connectivity index (χ1n) is 5.74. The molecule has 6 heteroatoms. The molecule has 1 fully saturated rings. The summed E-state index contributed by atoms with van der Waals surface area (Å²) in [7, 11) is 0. The molecule has 0 saturated heterocycles. The molecule has 0 radical (unpaired) electrons. The monoisotopic (exact) mass is 267 g/mol. The number of nitrogens with zero attached hydrogens (tertiary/aromatic N) is 1. The van der Waals surface area contributed by atoms with Crippen molar-refractivity contribution in [2.75, 3.05) is 0 Å². The van der Waals surface area contributed by atoms with E-state index in [0.29, 0.717) is 12.0 Å². The first-order valence-corrected chi connectivity index (χ1v) is 6.12. The minimum atomic E-state index is -0.903. The van der Waals surface area contributed by atoms with Gasteiger partial charge < -0.3 is 5.32 Å². The van der Waals surface area contributed by atoms with E-state index in [0.717, 1.165) is 12.8 Å². The molecule has 3 rings (SSSR count). The van der Waals surface area contributed by atoms with Crippen LogP contribution < -0.4 is 10.6 Å². The molecule has 2 aliphatic rings. The van der Waals surface area contributed by atoms with Gasteiger partial charge in [0, 0.05) is 16.6 Å². The van der Waals surface area contributed by atoms with Crippen LogP contribution in [0.25, 0.3) is 0 Å². The van der Waals surface area contributed by atoms with E-state index in [-0.39, 0.29) is 16.5 Å². The Morgan fingerprint density at radius 3 is 2.89 bits per heavy atom. The molecule has 1 heterocycles. The summed E-state index contributed by atoms with van der Waals surface area (Å²) in [5.41, 5.74) is 0.129. The van der Waals surface area contributed by atoms with E-state index >= 15 is 0 Å². The quantitative estimate of drug-likeness (QED) is 0.858. The van der Waals surface area contributed by atoms with Gasteiger partial charge in [-0.1, -0.05) is 17.7 Å². The molecule has 18 heavy (non-hydrogen) atoms. The molecule has 2 N–H and O–H groups in total. The highest BCUT2D eigenvalue weighted by Crippen LogP contribution is 2.30. The zero-order valence-corrected chi connectivity index (χ0v) is 10.2. The Hall–Kier alpha value is -1.62. The fourth-order valence-corrected chi connectivity index (χ4v) is 2.13. The lowest BCUT2D eigenvalue weighted by molar-refractivity contribution is -0.120. The predicted octanol–water partition coefficient (Wildman–Crippen LogP) is 1.76. The Morgan fingerprint density at radius 1 is 1.44 bits per heavy atom. The number of hydrogen-bond donors (Lipinski definition) is 2. The lowest BCUT2D eigenvalue weighted by Crippen LogP contribution is -2.37. The predicted molar refractivity (Wildman–Crippen MR) is 65.9 cm³/mol. The van der Waals surface area contributed by atoms with Crippen LogP contribution in [0.5, 0.6) is 0 Å². The van der Waals surface area contributed by atoms with E-state index in [1.807, 2.05) is 0 Å². The molecular formula is C12H11ClFN3O. The van der Waals surface area contributed by atoms with Crippen molar-refractivity contribution in [3.05, 3.63) is 34.6 Å². The average Bonchev–Trinajstić information content (AvgIpc) is 3.04. The van der Waals surface area contributed by atoms with Gasteiger partial charge in [0.15, 0.2) is 12.0 Å². The van der Waals surface area contributed by atoms with Crippen LogP contribution in [0.15, 0.2) is 23.2 Å². The summed E-state index contributed by atoms with van der Waals surface area (Å²) >= 11 is 5.93. The van der Waals surface area contributed by atoms with Crippen molar-refractivity contribution in [3.63, 3.8) is 0 Å². The zero-order chi connectivity index (χ0) is 12.7. The van der Waals surface area contributed by atoms with Crippen molar-refractivity contribution < 1.29 is 9.18 Å². The minimum absolute atomic E-state index is 0.129. The summed E-state index contributed by atoms with van der Waals surface area (Å²) in [4.78, 5) is 16.0. The lowest BCUT2D eigenvalue weighted by atomic mass is 10.1. The van der Waals surface area contributed by atoms with Crippen molar-refractivity contribution in [1.82, 2.24) is 10.6 Å². The van der Waals surface area contributed by atoms with Crippen molar-refractivity contribution in [2.45, 2.75) is 24.9 Å². The second kappa shape index (κ2) is 4.24. The highest BCUT2D eigenvalue weighted by molar-refractivity contribution is 6.31. The first-order chi connectivity index (χ1) is 8.65. The van der Waals surface area contributed by atoms with Crippen LogP contribution in [0.4, 0.5) is 4.39 Å². The molecule has 1 aliphatic carbocycles. The van der Waals surface area contributed by atoms with E-state index in [4.69, 9.17) is 11.6 Å². The summed E-state index contributed by atoms with van der Waals surface area (Å²) in [5, 5.41) is 5.89. The van der Waals surface area contributed by atoms with Gasteiger partial charge in [-0.25, -0.2) is 9.38 Å². The summed E-state index contributed by atoms with van der Waals surface area (Å²) < 4.78 is 13.7. The van der Waals surface area contributed by atoms with Crippen LogP contribution in [-0.4, -0.2) is 17.9 Å². The van der Waals surface area contributed by atoms with E-state index in [2.05, 4.69) is 15.6 Å². The number of rotatable bonds is 2. The Morgan fingerprint density at radius 2 is 2.22 bits per heavy atom. The van der Waals surface area contributed by atoms with Gasteiger partial charge in [0.2, 0.25) is 0 Å². The number of benzene rings is 1. The van der Waals surface area contributed by atoms with Gasteiger partial charge in [-0.05, 0) is 25.0 Å². The second-order valence-electron chi connectivity index (χ2n) is 4.42. The molecule has 94 valence electrons. The van der Waals surface area contributed by atoms with E-state index in [1.165, 1.54) is 12.1 Å². The molecule has 1 atom stereocenters. The van der Waals surface area contributed by atoms with Gasteiger partial charge in [-0.3, -0.25) is 10.1 Å². The molecule has 1 aromatic rings. The van der Waals surface area contributed by atoms with E-state index < -0.39 is 11.9 Å². The largest absolute Gasteiger partial charge is 0.353 e. The average molecular weight is 268 g/mol. The number of aliphatic imine (C=N–C) groups is 1. The van der Waals surface area contributed by atoms with Gasteiger partial charge in [0.05, 0.1) is 0 Å². The Labute approximate surface area is 108 Å². The normalized spacial score (nSPS) is 22.7. The fraction of sp³-hybridized carbons (Fsp3) is 0.333. The first kappa shape index (κ1) is 11.5. The number of carbonyl (C=O) groups excluding carboxylic acids is 1. The Kier molecular flexibility index (Phi) is 2.70. The topological polar surface area (TPSA) is 53.5 Å². The van der Waals surface area contributed by atoms with Crippen molar-refractivity contribution in [3.8, 4) is 0 Å². The summed E-state index contributed by atoms with van der Waals surface area (Å²) in [6.45, 7) is 0. The molecule has 1 saturated carbocycles. The summed E-state index contributed by atoms with van der Waals surface area (Å²) in [6.07, 6.45) is 2.14. The van der Waals surface area contributed by atoms with Crippen molar-refractivity contribution in [2.24, 2.45) is 4.99 Å². The zero-order valence-electron chi connectivity index (χ0n) is 9.41. The standard InChI is InChI=1S/C12H11ClFN3O/c13-7-2-1-3-8(14)9(7)10-11(18)17-12(16-10)15-6-4-5-6/h1-3,6,10H,4-5H2,(H2,15,16,17,18). The van der Waals surface area contributed by atoms with Gasteiger partial charge in [-0.2, -0.15) is 0 Å². The molecule has 1 aromatic carbocycles. The van der Waals surface area contributed by atoms with Crippen LogP contribution in [0.3, 0.4) is 0 Å². The molecular weight excluding hydrogens is 257 g/mol. The van der Waals surface area contributed by atoms with Gasteiger partial charge in [0.25, 0.3) is 5.91 Å². The fourth-order valence-electron chi connectivity index (χ4n) is 1.87. The number of guanidine groups is 1. The maximum atomic E-state index is 13.7. The third kappa shape index (κ3) is 2.06. The highest BCUT2D eigenvalue weighted by Gasteiger charge is 2.33. The van der Waals surface area contributed by atoms with Crippen molar-refractivity contribution >= 4 is 23.5 Å². The van der Waals surface area contributed by atoms with Gasteiger partial charge >= 0.3 is 0 Å². The van der Waals surface area contributed by atoms with Gasteiger partial charge in [-0.15, -0.1) is 0 Å². The molecule has 1 aliphatic heterocycles. The summed E-state index contributed by atoms with van der Waals surface area (Å²) in [6, 6.07) is 3.80. The molecule has 0 aromatic heterocycles. The maximum absolute atomic E-state index is 13.7. The summed E-state index contributed by atoms with van der Waals surface area (Å²) in [5.74, 6) is -0.462. The van der Waals surface area contributed by atoms with E-state index in [9.17, 15) is 9.18 Å². The second-order valence-corrected chi connectivity index (χ2v) is 4.83. The molecule has 1 unspecified atom stereocenters. The van der Waals surface area contributed by atoms with Crippen LogP contribution >= 0.6 is 11.6 Å². The Balaban J connectivity index is 1.90. The Bertz CT molecular complexity index is 522. The SMILES string of the molecule is O=C1NC(NC2CC2)=NC1c1c(F)cccc1Cl. The highest BCUT2D eigenvalue weighted by atomic mass is 35.5. The van der Waals surface area contributed by atoms with Gasteiger partial charge in [0.1, 0.15) is 5.82 Å². The minimum Gasteiger partial charge on any atom is -0.353 e. The van der Waals surface area contributed by atoms with Crippen molar-refractivity contribution in [1.29, 1.82) is 0 Å². The molecule has 0 spiro atoms. The van der Waals surface area contributed by atoms with Crippen LogP contribution in [0.2, 0.25) is 5.02 Å². The van der Waals surface area contributed by atoms with E-state index in [1.54, 1.807) is 6.07 Å².